The molecule has 2 rings (SSSR count). The Morgan fingerprint density at radius 2 is 1.90 bits per heavy atom. The molecule has 1 aliphatic heterocycles. The second kappa shape index (κ2) is 5.66. The lowest BCUT2D eigenvalue weighted by molar-refractivity contribution is 0.0794. The highest BCUT2D eigenvalue weighted by atomic mass is 32.2. The SMILES string of the molecule is Cc1ccc(C(=O)C(C)N2CCS(=O)(=O)CC2C)cc1. The van der Waals surface area contributed by atoms with Gasteiger partial charge in [-0.15, -0.1) is 0 Å². The number of carbonyl (C=O) groups excluding carboxylic acids is 1. The Hall–Kier alpha value is -1.20. The number of hydrogen-bond acceptors (Lipinski definition) is 4. The molecule has 0 bridgehead atoms. The van der Waals surface area contributed by atoms with Crippen molar-refractivity contribution in [2.75, 3.05) is 18.1 Å². The van der Waals surface area contributed by atoms with Crippen molar-refractivity contribution in [2.24, 2.45) is 0 Å². The molecular weight excluding hydrogens is 274 g/mol. The number of hydrogen-bond donors (Lipinski definition) is 0. The van der Waals surface area contributed by atoms with Gasteiger partial charge in [0, 0.05) is 18.2 Å². The van der Waals surface area contributed by atoms with Gasteiger partial charge in [0.1, 0.15) is 0 Å². The fourth-order valence-corrected chi connectivity index (χ4v) is 4.28. The summed E-state index contributed by atoms with van der Waals surface area (Å²) in [5.41, 5.74) is 1.80. The average molecular weight is 295 g/mol. The molecule has 2 unspecified atom stereocenters. The maximum absolute atomic E-state index is 12.5. The average Bonchev–Trinajstić information content (AvgIpc) is 2.37. The summed E-state index contributed by atoms with van der Waals surface area (Å²) in [6.45, 7) is 6.14. The molecule has 0 amide bonds. The molecule has 5 heteroatoms. The van der Waals surface area contributed by atoms with Crippen LogP contribution in [0.1, 0.15) is 29.8 Å². The van der Waals surface area contributed by atoms with E-state index in [1.165, 1.54) is 0 Å². The molecule has 0 N–H and O–H groups in total. The molecule has 0 spiro atoms. The molecule has 4 nitrogen and oxygen atoms in total. The molecule has 1 heterocycles. The fourth-order valence-electron chi connectivity index (χ4n) is 2.70. The Labute approximate surface area is 120 Å². The van der Waals surface area contributed by atoms with Gasteiger partial charge in [-0.3, -0.25) is 9.69 Å². The summed E-state index contributed by atoms with van der Waals surface area (Å²) in [6.07, 6.45) is 0. The quantitative estimate of drug-likeness (QED) is 0.796. The summed E-state index contributed by atoms with van der Waals surface area (Å²) in [5.74, 6) is 0.331. The molecule has 1 aromatic rings. The maximum atomic E-state index is 12.5. The third kappa shape index (κ3) is 3.27. The van der Waals surface area contributed by atoms with Crippen LogP contribution in [0.3, 0.4) is 0 Å². The number of sulfone groups is 1. The van der Waals surface area contributed by atoms with Crippen molar-refractivity contribution in [3.63, 3.8) is 0 Å². The largest absolute Gasteiger partial charge is 0.292 e. The minimum absolute atomic E-state index is 0.0520. The van der Waals surface area contributed by atoms with Crippen molar-refractivity contribution < 1.29 is 13.2 Å². The van der Waals surface area contributed by atoms with Crippen LogP contribution in [0, 0.1) is 6.92 Å². The Balaban J connectivity index is 2.13. The van der Waals surface area contributed by atoms with Crippen LogP contribution in [-0.4, -0.2) is 49.2 Å². The van der Waals surface area contributed by atoms with E-state index in [0.717, 1.165) is 5.56 Å². The van der Waals surface area contributed by atoms with E-state index in [-0.39, 0.29) is 29.4 Å². The van der Waals surface area contributed by atoms with Gasteiger partial charge in [-0.05, 0) is 20.8 Å². The van der Waals surface area contributed by atoms with Crippen molar-refractivity contribution in [3.05, 3.63) is 35.4 Å². The smallest absolute Gasteiger partial charge is 0.179 e. The molecule has 0 saturated carbocycles. The number of rotatable bonds is 3. The monoisotopic (exact) mass is 295 g/mol. The van der Waals surface area contributed by atoms with E-state index in [1.54, 1.807) is 0 Å². The number of aryl methyl sites for hydroxylation is 1. The molecule has 2 atom stereocenters. The number of Topliss-reactive ketones (excluding diaryl/α,β-unsaturated/α-hetero) is 1. The standard InChI is InChI=1S/C15H21NO3S/c1-11-4-6-14(7-5-11)15(17)13(3)16-8-9-20(18,19)10-12(16)2/h4-7,12-13H,8-10H2,1-3H3. The summed E-state index contributed by atoms with van der Waals surface area (Å²) < 4.78 is 23.2. The van der Waals surface area contributed by atoms with Crippen LogP contribution in [0.15, 0.2) is 24.3 Å². The van der Waals surface area contributed by atoms with Crippen molar-refractivity contribution in [3.8, 4) is 0 Å². The highest BCUT2D eigenvalue weighted by Crippen LogP contribution is 2.18. The van der Waals surface area contributed by atoms with Gasteiger partial charge in [-0.25, -0.2) is 8.42 Å². The van der Waals surface area contributed by atoms with Crippen LogP contribution < -0.4 is 0 Å². The number of ketones is 1. The first kappa shape index (κ1) is 15.2. The van der Waals surface area contributed by atoms with Crippen LogP contribution in [0.4, 0.5) is 0 Å². The first-order valence-electron chi connectivity index (χ1n) is 6.87. The van der Waals surface area contributed by atoms with Gasteiger partial charge in [0.2, 0.25) is 0 Å². The lowest BCUT2D eigenvalue weighted by atomic mass is 10.0. The molecule has 0 aromatic heterocycles. The van der Waals surface area contributed by atoms with Crippen LogP contribution in [0.2, 0.25) is 0 Å². The van der Waals surface area contributed by atoms with Gasteiger partial charge in [-0.1, -0.05) is 29.8 Å². The second-order valence-electron chi connectivity index (χ2n) is 5.61. The molecular formula is C15H21NO3S. The van der Waals surface area contributed by atoms with E-state index >= 15 is 0 Å². The van der Waals surface area contributed by atoms with E-state index in [0.29, 0.717) is 12.1 Å². The molecule has 110 valence electrons. The predicted molar refractivity (Wildman–Crippen MR) is 79.8 cm³/mol. The molecule has 1 saturated heterocycles. The lowest BCUT2D eigenvalue weighted by Crippen LogP contribution is -2.53. The van der Waals surface area contributed by atoms with E-state index in [2.05, 4.69) is 0 Å². The van der Waals surface area contributed by atoms with E-state index in [4.69, 9.17) is 0 Å². The Kier molecular flexibility index (Phi) is 4.30. The Morgan fingerprint density at radius 1 is 1.30 bits per heavy atom. The van der Waals surface area contributed by atoms with Gasteiger partial charge in [0.05, 0.1) is 17.5 Å². The number of carbonyl (C=O) groups is 1. The minimum Gasteiger partial charge on any atom is -0.292 e. The predicted octanol–water partition coefficient (Wildman–Crippen LogP) is 1.69. The summed E-state index contributed by atoms with van der Waals surface area (Å²) in [4.78, 5) is 14.5. The zero-order valence-corrected chi connectivity index (χ0v) is 13.0. The van der Waals surface area contributed by atoms with Gasteiger partial charge in [0.15, 0.2) is 15.6 Å². The molecule has 0 radical (unpaired) electrons. The maximum Gasteiger partial charge on any atom is 0.179 e. The van der Waals surface area contributed by atoms with E-state index in [9.17, 15) is 13.2 Å². The van der Waals surface area contributed by atoms with Crippen molar-refractivity contribution in [1.82, 2.24) is 4.90 Å². The molecule has 1 aromatic carbocycles. The summed E-state index contributed by atoms with van der Waals surface area (Å²) in [6, 6.07) is 7.11. The normalized spacial score (nSPS) is 24.2. The van der Waals surface area contributed by atoms with Crippen LogP contribution in [0.5, 0.6) is 0 Å². The first-order valence-corrected chi connectivity index (χ1v) is 8.69. The number of nitrogens with zero attached hydrogens (tertiary/aromatic N) is 1. The molecule has 1 aliphatic rings. The zero-order chi connectivity index (χ0) is 14.9. The fraction of sp³-hybridized carbons (Fsp3) is 0.533. The van der Waals surface area contributed by atoms with Gasteiger partial charge in [0.25, 0.3) is 0 Å². The third-order valence-corrected chi connectivity index (χ3v) is 5.73. The van der Waals surface area contributed by atoms with Gasteiger partial charge >= 0.3 is 0 Å². The van der Waals surface area contributed by atoms with Crippen LogP contribution in [0.25, 0.3) is 0 Å². The summed E-state index contributed by atoms with van der Waals surface area (Å²) >= 11 is 0. The first-order chi connectivity index (χ1) is 9.30. The van der Waals surface area contributed by atoms with Crippen LogP contribution >= 0.6 is 0 Å². The number of benzene rings is 1. The summed E-state index contributed by atoms with van der Waals surface area (Å²) in [5, 5.41) is 0. The van der Waals surface area contributed by atoms with Crippen molar-refractivity contribution in [2.45, 2.75) is 32.9 Å². The minimum atomic E-state index is -2.95. The van der Waals surface area contributed by atoms with Crippen molar-refractivity contribution in [1.29, 1.82) is 0 Å². The Morgan fingerprint density at radius 3 is 2.45 bits per heavy atom. The Bertz CT molecular complexity index is 592. The second-order valence-corrected chi connectivity index (χ2v) is 7.84. The van der Waals surface area contributed by atoms with Gasteiger partial charge in [-0.2, -0.15) is 0 Å². The molecule has 0 aliphatic carbocycles. The third-order valence-electron chi connectivity index (χ3n) is 3.93. The van der Waals surface area contributed by atoms with Crippen LogP contribution in [-0.2, 0) is 9.84 Å². The lowest BCUT2D eigenvalue weighted by Gasteiger charge is -2.36. The summed E-state index contributed by atoms with van der Waals surface area (Å²) in [7, 11) is -2.95. The zero-order valence-electron chi connectivity index (χ0n) is 12.2. The van der Waals surface area contributed by atoms with E-state index < -0.39 is 9.84 Å². The topological polar surface area (TPSA) is 54.5 Å². The highest BCUT2D eigenvalue weighted by molar-refractivity contribution is 7.91. The van der Waals surface area contributed by atoms with Gasteiger partial charge < -0.3 is 0 Å². The van der Waals surface area contributed by atoms with E-state index in [1.807, 2.05) is 49.9 Å². The molecule has 1 fully saturated rings. The highest BCUT2D eigenvalue weighted by Gasteiger charge is 2.33. The molecule has 20 heavy (non-hydrogen) atoms. The van der Waals surface area contributed by atoms with Crippen molar-refractivity contribution >= 4 is 15.6 Å².